The van der Waals surface area contributed by atoms with Gasteiger partial charge in [-0.2, -0.15) is 0 Å². The maximum atomic E-state index is 5.25. The topological polar surface area (TPSA) is 21.3 Å². The van der Waals surface area contributed by atoms with E-state index in [2.05, 4.69) is 30.5 Å². The first-order chi connectivity index (χ1) is 7.38. The van der Waals surface area contributed by atoms with E-state index in [4.69, 9.17) is 4.74 Å². The van der Waals surface area contributed by atoms with Gasteiger partial charge in [-0.3, -0.25) is 0 Å². The summed E-state index contributed by atoms with van der Waals surface area (Å²) in [5, 5.41) is 3.32. The Morgan fingerprint density at radius 2 is 2.13 bits per heavy atom. The van der Waals surface area contributed by atoms with Crippen LogP contribution in [0.1, 0.15) is 18.9 Å². The van der Waals surface area contributed by atoms with Crippen LogP contribution in [0.5, 0.6) is 5.75 Å². The van der Waals surface area contributed by atoms with E-state index >= 15 is 0 Å². The molecule has 0 saturated carbocycles. The first kappa shape index (κ1) is 11.8. The van der Waals surface area contributed by atoms with E-state index < -0.39 is 0 Å². The van der Waals surface area contributed by atoms with Crippen molar-refractivity contribution in [2.45, 2.75) is 13.3 Å². The van der Waals surface area contributed by atoms with Crippen molar-refractivity contribution >= 4 is 6.08 Å². The Bertz CT molecular complexity index is 307. The molecule has 0 unspecified atom stereocenters. The molecule has 82 valence electrons. The lowest BCUT2D eigenvalue weighted by molar-refractivity contribution is 0.414. The van der Waals surface area contributed by atoms with Gasteiger partial charge in [0.25, 0.3) is 0 Å². The molecule has 2 nitrogen and oxygen atoms in total. The lowest BCUT2D eigenvalue weighted by atomic mass is 10.2. The van der Waals surface area contributed by atoms with E-state index in [1.807, 2.05) is 18.2 Å². The summed E-state index contributed by atoms with van der Waals surface area (Å²) in [6.07, 6.45) is 5.37. The molecule has 0 spiro atoms. The number of hydrogen-bond acceptors (Lipinski definition) is 2. The van der Waals surface area contributed by atoms with Crippen LogP contribution in [0.15, 0.2) is 30.3 Å². The van der Waals surface area contributed by atoms with Crippen LogP contribution in [0, 0.1) is 0 Å². The molecule has 0 heterocycles. The SMILES string of the molecule is CCCNCC=Cc1ccccc1OC. The first-order valence-electron chi connectivity index (χ1n) is 5.38. The van der Waals surface area contributed by atoms with Crippen LogP contribution in [-0.2, 0) is 0 Å². The summed E-state index contributed by atoms with van der Waals surface area (Å²) in [6, 6.07) is 8.02. The average Bonchev–Trinajstić information content (AvgIpc) is 2.29. The summed E-state index contributed by atoms with van der Waals surface area (Å²) < 4.78 is 5.25. The minimum Gasteiger partial charge on any atom is -0.496 e. The number of benzene rings is 1. The minimum absolute atomic E-state index is 0.909. The fourth-order valence-electron chi connectivity index (χ4n) is 1.35. The molecule has 0 aliphatic carbocycles. The third-order valence-electron chi connectivity index (χ3n) is 2.13. The molecule has 1 N–H and O–H groups in total. The third-order valence-corrected chi connectivity index (χ3v) is 2.13. The molecule has 0 aliphatic rings. The second-order valence-electron chi connectivity index (χ2n) is 3.35. The lowest BCUT2D eigenvalue weighted by Gasteiger charge is -2.03. The van der Waals surface area contributed by atoms with Gasteiger partial charge < -0.3 is 10.1 Å². The largest absolute Gasteiger partial charge is 0.496 e. The van der Waals surface area contributed by atoms with E-state index in [1.54, 1.807) is 7.11 Å². The van der Waals surface area contributed by atoms with Gasteiger partial charge in [-0.1, -0.05) is 37.3 Å². The van der Waals surface area contributed by atoms with Crippen molar-refractivity contribution in [2.24, 2.45) is 0 Å². The van der Waals surface area contributed by atoms with Crippen molar-refractivity contribution in [1.82, 2.24) is 5.32 Å². The number of hydrogen-bond donors (Lipinski definition) is 1. The number of nitrogens with one attached hydrogen (secondary N) is 1. The van der Waals surface area contributed by atoms with Gasteiger partial charge in [0.15, 0.2) is 0 Å². The van der Waals surface area contributed by atoms with Gasteiger partial charge in [0.05, 0.1) is 7.11 Å². The summed E-state index contributed by atoms with van der Waals surface area (Å²) in [6.45, 7) is 4.14. The van der Waals surface area contributed by atoms with E-state index in [0.29, 0.717) is 0 Å². The van der Waals surface area contributed by atoms with Crippen LogP contribution in [0.2, 0.25) is 0 Å². The highest BCUT2D eigenvalue weighted by Crippen LogP contribution is 2.18. The Kier molecular flexibility index (Phi) is 5.56. The van der Waals surface area contributed by atoms with Gasteiger partial charge in [0, 0.05) is 12.1 Å². The molecule has 2 heteroatoms. The van der Waals surface area contributed by atoms with Crippen molar-refractivity contribution < 1.29 is 4.74 Å². The zero-order valence-electron chi connectivity index (χ0n) is 9.49. The Hall–Kier alpha value is -1.28. The molecule has 0 bridgehead atoms. The van der Waals surface area contributed by atoms with Crippen LogP contribution < -0.4 is 10.1 Å². The third kappa shape index (κ3) is 4.17. The standard InChI is InChI=1S/C13H19NO/c1-3-10-14-11-6-8-12-7-4-5-9-13(12)15-2/h4-9,14H,3,10-11H2,1-2H3. The van der Waals surface area contributed by atoms with Crippen LogP contribution >= 0.6 is 0 Å². The highest BCUT2D eigenvalue weighted by Gasteiger charge is 1.95. The maximum absolute atomic E-state index is 5.25. The Labute approximate surface area is 92.0 Å². The maximum Gasteiger partial charge on any atom is 0.126 e. The van der Waals surface area contributed by atoms with Gasteiger partial charge in [0.1, 0.15) is 5.75 Å². The van der Waals surface area contributed by atoms with Crippen molar-refractivity contribution in [3.8, 4) is 5.75 Å². The normalized spacial score (nSPS) is 10.8. The van der Waals surface area contributed by atoms with Gasteiger partial charge >= 0.3 is 0 Å². The summed E-state index contributed by atoms with van der Waals surface area (Å²) in [5.41, 5.74) is 1.12. The summed E-state index contributed by atoms with van der Waals surface area (Å²) in [7, 11) is 1.70. The Balaban J connectivity index is 2.48. The molecule has 0 aliphatic heterocycles. The van der Waals surface area contributed by atoms with Gasteiger partial charge in [-0.05, 0) is 19.0 Å². The van der Waals surface area contributed by atoms with E-state index in [9.17, 15) is 0 Å². The molecule has 0 radical (unpaired) electrons. The smallest absolute Gasteiger partial charge is 0.126 e. The molecule has 0 fully saturated rings. The molecule has 0 amide bonds. The second kappa shape index (κ2) is 7.07. The minimum atomic E-state index is 0.909. The zero-order chi connectivity index (χ0) is 10.9. The number of para-hydroxylation sites is 1. The molecule has 0 aromatic heterocycles. The Morgan fingerprint density at radius 3 is 2.87 bits per heavy atom. The monoisotopic (exact) mass is 205 g/mol. The fourth-order valence-corrected chi connectivity index (χ4v) is 1.35. The number of methoxy groups -OCH3 is 1. The first-order valence-corrected chi connectivity index (χ1v) is 5.38. The summed E-state index contributed by atoms with van der Waals surface area (Å²) in [5.74, 6) is 0.921. The molecule has 1 aromatic carbocycles. The highest BCUT2D eigenvalue weighted by atomic mass is 16.5. The molecular weight excluding hydrogens is 186 g/mol. The van der Waals surface area contributed by atoms with Crippen LogP contribution in [0.3, 0.4) is 0 Å². The summed E-state index contributed by atoms with van der Waals surface area (Å²) >= 11 is 0. The van der Waals surface area contributed by atoms with Crippen LogP contribution in [0.4, 0.5) is 0 Å². The van der Waals surface area contributed by atoms with E-state index in [1.165, 1.54) is 6.42 Å². The zero-order valence-corrected chi connectivity index (χ0v) is 9.49. The van der Waals surface area contributed by atoms with Crippen molar-refractivity contribution in [3.05, 3.63) is 35.9 Å². The van der Waals surface area contributed by atoms with Crippen molar-refractivity contribution in [2.75, 3.05) is 20.2 Å². The molecule has 0 atom stereocenters. The summed E-state index contributed by atoms with van der Waals surface area (Å²) in [4.78, 5) is 0. The molecule has 1 aromatic rings. The van der Waals surface area contributed by atoms with Crippen molar-refractivity contribution in [3.63, 3.8) is 0 Å². The van der Waals surface area contributed by atoms with Crippen molar-refractivity contribution in [1.29, 1.82) is 0 Å². The highest BCUT2D eigenvalue weighted by molar-refractivity contribution is 5.57. The Morgan fingerprint density at radius 1 is 1.33 bits per heavy atom. The molecule has 1 rings (SSSR count). The van der Waals surface area contributed by atoms with E-state index in [-0.39, 0.29) is 0 Å². The van der Waals surface area contributed by atoms with Crippen LogP contribution in [-0.4, -0.2) is 20.2 Å². The van der Waals surface area contributed by atoms with Gasteiger partial charge in [0.2, 0.25) is 0 Å². The quantitative estimate of drug-likeness (QED) is 0.721. The predicted molar refractivity (Wildman–Crippen MR) is 65.2 cm³/mol. The van der Waals surface area contributed by atoms with Gasteiger partial charge in [-0.25, -0.2) is 0 Å². The second-order valence-corrected chi connectivity index (χ2v) is 3.35. The fraction of sp³-hybridized carbons (Fsp3) is 0.385. The lowest BCUT2D eigenvalue weighted by Crippen LogP contribution is -2.13. The molecule has 0 saturated heterocycles. The van der Waals surface area contributed by atoms with Gasteiger partial charge in [-0.15, -0.1) is 0 Å². The average molecular weight is 205 g/mol. The molecule has 15 heavy (non-hydrogen) atoms. The number of ether oxygens (including phenoxy) is 1. The molecular formula is C13H19NO. The van der Waals surface area contributed by atoms with Crippen LogP contribution in [0.25, 0.3) is 6.08 Å². The number of rotatable bonds is 6. The van der Waals surface area contributed by atoms with E-state index in [0.717, 1.165) is 24.4 Å². The predicted octanol–water partition coefficient (Wildman–Crippen LogP) is 2.71.